The topological polar surface area (TPSA) is 21.3 Å². The number of hydrogen-bond donors (Lipinski definition) is 1. The number of hydrogen-bond acceptors (Lipinski definition) is 2. The van der Waals surface area contributed by atoms with Crippen LogP contribution in [0.1, 0.15) is 25.8 Å². The molecular weight excluding hydrogens is 229 g/mol. The van der Waals surface area contributed by atoms with Crippen LogP contribution in [0.4, 0.5) is 4.39 Å². The lowest BCUT2D eigenvalue weighted by Gasteiger charge is -2.06. The standard InChI is InChI=1S/C15H22FNO/c1-12(2)17-11-6-4-5-8-13-9-7-10-14(18-3)15(13)16/h4-5,7,9-10,12,17H,6,8,11H2,1-3H3/b5-4+. The molecule has 0 atom stereocenters. The Hall–Kier alpha value is -1.35. The largest absolute Gasteiger partial charge is 0.494 e. The van der Waals surface area contributed by atoms with Crippen LogP contribution in [0.5, 0.6) is 5.75 Å². The highest BCUT2D eigenvalue weighted by atomic mass is 19.1. The Bertz CT molecular complexity index is 388. The Morgan fingerprint density at radius 3 is 2.78 bits per heavy atom. The van der Waals surface area contributed by atoms with Crippen molar-refractivity contribution in [3.63, 3.8) is 0 Å². The average molecular weight is 251 g/mol. The molecule has 0 aliphatic heterocycles. The molecule has 0 heterocycles. The molecule has 1 aromatic rings. The van der Waals surface area contributed by atoms with E-state index in [0.29, 0.717) is 23.8 Å². The Morgan fingerprint density at radius 2 is 2.11 bits per heavy atom. The first-order valence-corrected chi connectivity index (χ1v) is 6.35. The number of rotatable bonds is 7. The summed E-state index contributed by atoms with van der Waals surface area (Å²) in [5.74, 6) is 0.0485. The molecule has 0 spiro atoms. The maximum absolute atomic E-state index is 13.8. The SMILES string of the molecule is COc1cccc(C/C=C/CCNC(C)C)c1F. The van der Waals surface area contributed by atoms with Crippen LogP contribution >= 0.6 is 0 Å². The second kappa shape index (κ2) is 7.88. The van der Waals surface area contributed by atoms with Crippen LogP contribution < -0.4 is 10.1 Å². The van der Waals surface area contributed by atoms with Crippen LogP contribution in [0.2, 0.25) is 0 Å². The minimum atomic E-state index is -0.259. The van der Waals surface area contributed by atoms with Crippen molar-refractivity contribution in [1.29, 1.82) is 0 Å². The van der Waals surface area contributed by atoms with Gasteiger partial charge in [-0.1, -0.05) is 38.1 Å². The molecule has 0 saturated carbocycles. The molecule has 1 rings (SSSR count). The molecule has 1 aromatic carbocycles. The average Bonchev–Trinajstić information content (AvgIpc) is 2.35. The van der Waals surface area contributed by atoms with Crippen molar-refractivity contribution >= 4 is 0 Å². The van der Waals surface area contributed by atoms with E-state index in [9.17, 15) is 4.39 Å². The van der Waals surface area contributed by atoms with Crippen molar-refractivity contribution in [1.82, 2.24) is 5.32 Å². The molecule has 1 N–H and O–H groups in total. The van der Waals surface area contributed by atoms with Crippen molar-refractivity contribution in [2.24, 2.45) is 0 Å². The van der Waals surface area contributed by atoms with Crippen molar-refractivity contribution in [3.05, 3.63) is 41.7 Å². The number of methoxy groups -OCH3 is 1. The number of ether oxygens (including phenoxy) is 1. The van der Waals surface area contributed by atoms with Gasteiger partial charge in [0.05, 0.1) is 7.11 Å². The number of nitrogens with one attached hydrogen (secondary N) is 1. The van der Waals surface area contributed by atoms with Crippen LogP contribution in [0.3, 0.4) is 0 Å². The van der Waals surface area contributed by atoms with Crippen molar-refractivity contribution in [2.75, 3.05) is 13.7 Å². The van der Waals surface area contributed by atoms with Gasteiger partial charge in [-0.05, 0) is 31.0 Å². The van der Waals surface area contributed by atoms with Crippen LogP contribution in [0.25, 0.3) is 0 Å². The van der Waals surface area contributed by atoms with Crippen molar-refractivity contribution in [2.45, 2.75) is 32.7 Å². The molecule has 2 nitrogen and oxygen atoms in total. The number of benzene rings is 1. The van der Waals surface area contributed by atoms with E-state index in [4.69, 9.17) is 4.74 Å². The van der Waals surface area contributed by atoms with Crippen LogP contribution in [-0.4, -0.2) is 19.7 Å². The summed E-state index contributed by atoms with van der Waals surface area (Å²) in [5.41, 5.74) is 0.669. The van der Waals surface area contributed by atoms with E-state index in [1.807, 2.05) is 12.1 Å². The third-order valence-electron chi connectivity index (χ3n) is 2.63. The maximum atomic E-state index is 13.8. The van der Waals surface area contributed by atoms with Gasteiger partial charge in [0.1, 0.15) is 0 Å². The second-order valence-electron chi connectivity index (χ2n) is 4.51. The highest BCUT2D eigenvalue weighted by molar-refractivity contribution is 5.32. The summed E-state index contributed by atoms with van der Waals surface area (Å²) in [7, 11) is 1.48. The molecule has 0 fully saturated rings. The Morgan fingerprint density at radius 1 is 1.33 bits per heavy atom. The van der Waals surface area contributed by atoms with Gasteiger partial charge in [0, 0.05) is 6.04 Å². The molecule has 3 heteroatoms. The molecule has 0 unspecified atom stereocenters. The Balaban J connectivity index is 2.41. The first-order valence-electron chi connectivity index (χ1n) is 6.35. The van der Waals surface area contributed by atoms with E-state index >= 15 is 0 Å². The fourth-order valence-electron chi connectivity index (χ4n) is 1.66. The van der Waals surface area contributed by atoms with Crippen molar-refractivity contribution < 1.29 is 9.13 Å². The zero-order valence-electron chi connectivity index (χ0n) is 11.4. The van der Waals surface area contributed by atoms with Gasteiger partial charge in [0.2, 0.25) is 0 Å². The molecule has 0 bridgehead atoms. The van der Waals surface area contributed by atoms with Crippen LogP contribution in [0.15, 0.2) is 30.4 Å². The van der Waals surface area contributed by atoms with Gasteiger partial charge < -0.3 is 10.1 Å². The van der Waals surface area contributed by atoms with Crippen LogP contribution in [-0.2, 0) is 6.42 Å². The zero-order valence-corrected chi connectivity index (χ0v) is 11.4. The maximum Gasteiger partial charge on any atom is 0.168 e. The minimum Gasteiger partial charge on any atom is -0.494 e. The molecular formula is C15H22FNO. The second-order valence-corrected chi connectivity index (χ2v) is 4.51. The summed E-state index contributed by atoms with van der Waals surface area (Å²) in [5, 5.41) is 3.33. The lowest BCUT2D eigenvalue weighted by Crippen LogP contribution is -2.23. The predicted octanol–water partition coefficient (Wildman–Crippen LogP) is 3.32. The monoisotopic (exact) mass is 251 g/mol. The highest BCUT2D eigenvalue weighted by Gasteiger charge is 2.05. The lowest BCUT2D eigenvalue weighted by molar-refractivity contribution is 0.384. The summed E-state index contributed by atoms with van der Waals surface area (Å²) in [6.07, 6.45) is 5.64. The van der Waals surface area contributed by atoms with E-state index in [1.165, 1.54) is 7.11 Å². The van der Waals surface area contributed by atoms with E-state index in [1.54, 1.807) is 12.1 Å². The van der Waals surface area contributed by atoms with Gasteiger partial charge in [-0.3, -0.25) is 0 Å². The molecule has 0 aliphatic carbocycles. The predicted molar refractivity (Wildman–Crippen MR) is 73.6 cm³/mol. The summed E-state index contributed by atoms with van der Waals surface area (Å²) < 4.78 is 18.7. The molecule has 0 aromatic heterocycles. The van der Waals surface area contributed by atoms with E-state index < -0.39 is 0 Å². The smallest absolute Gasteiger partial charge is 0.168 e. The van der Waals surface area contributed by atoms with E-state index in [2.05, 4.69) is 25.2 Å². The molecule has 0 saturated heterocycles. The Kier molecular flexibility index (Phi) is 6.44. The Labute approximate surface area is 109 Å². The number of allylic oxidation sites excluding steroid dienone is 1. The first-order chi connectivity index (χ1) is 8.65. The summed E-state index contributed by atoms with van der Waals surface area (Å²) in [6, 6.07) is 5.74. The molecule has 0 radical (unpaired) electrons. The number of halogens is 1. The summed E-state index contributed by atoms with van der Waals surface area (Å²) >= 11 is 0. The van der Waals surface area contributed by atoms with E-state index in [-0.39, 0.29) is 5.82 Å². The van der Waals surface area contributed by atoms with Gasteiger partial charge in [0.25, 0.3) is 0 Å². The van der Waals surface area contributed by atoms with Crippen molar-refractivity contribution in [3.8, 4) is 5.75 Å². The molecule has 18 heavy (non-hydrogen) atoms. The van der Waals surface area contributed by atoms with Gasteiger partial charge in [-0.2, -0.15) is 0 Å². The molecule has 0 aliphatic rings. The molecule has 0 amide bonds. The summed E-state index contributed by atoms with van der Waals surface area (Å²) in [4.78, 5) is 0. The van der Waals surface area contributed by atoms with Crippen LogP contribution in [0, 0.1) is 5.82 Å². The first kappa shape index (κ1) is 14.7. The van der Waals surface area contributed by atoms with Gasteiger partial charge in [-0.25, -0.2) is 4.39 Å². The van der Waals surface area contributed by atoms with Gasteiger partial charge in [0.15, 0.2) is 11.6 Å². The van der Waals surface area contributed by atoms with Gasteiger partial charge >= 0.3 is 0 Å². The third-order valence-corrected chi connectivity index (χ3v) is 2.63. The highest BCUT2D eigenvalue weighted by Crippen LogP contribution is 2.20. The summed E-state index contributed by atoms with van der Waals surface area (Å²) in [6.45, 7) is 5.19. The van der Waals surface area contributed by atoms with E-state index in [0.717, 1.165) is 13.0 Å². The normalized spacial score (nSPS) is 11.4. The third kappa shape index (κ3) is 4.88. The minimum absolute atomic E-state index is 0.259. The molecule has 100 valence electrons. The zero-order chi connectivity index (χ0) is 13.4. The van der Waals surface area contributed by atoms with Gasteiger partial charge in [-0.15, -0.1) is 0 Å². The fraction of sp³-hybridized carbons (Fsp3) is 0.467. The lowest BCUT2D eigenvalue weighted by atomic mass is 10.1. The fourth-order valence-corrected chi connectivity index (χ4v) is 1.66. The quantitative estimate of drug-likeness (QED) is 0.593.